The van der Waals surface area contributed by atoms with Crippen LogP contribution in [-0.4, -0.2) is 42.7 Å². The predicted molar refractivity (Wildman–Crippen MR) is 131 cm³/mol. The summed E-state index contributed by atoms with van der Waals surface area (Å²) in [5.41, 5.74) is 2.69. The molecule has 0 spiro atoms. The summed E-state index contributed by atoms with van der Waals surface area (Å²) in [6, 6.07) is 16.8. The summed E-state index contributed by atoms with van der Waals surface area (Å²) in [4.78, 5) is 10.2. The third-order valence-corrected chi connectivity index (χ3v) is 6.44. The van der Waals surface area contributed by atoms with Gasteiger partial charge in [0.1, 0.15) is 4.90 Å². The molecular weight excluding hydrogens is 452 g/mol. The molecule has 34 heavy (non-hydrogen) atoms. The van der Waals surface area contributed by atoms with Crippen LogP contribution >= 0.6 is 0 Å². The maximum atomic E-state index is 13.4. The predicted octanol–water partition coefficient (Wildman–Crippen LogP) is 2.88. The molecule has 0 unspecified atom stereocenters. The lowest BCUT2D eigenvalue weighted by Crippen LogP contribution is -2.15. The first-order valence-corrected chi connectivity index (χ1v) is 11.8. The molecule has 0 amide bonds. The normalized spacial score (nSPS) is 11.2. The Morgan fingerprint density at radius 3 is 2.44 bits per heavy atom. The van der Waals surface area contributed by atoms with Crippen LogP contribution in [0.5, 0.6) is 0 Å². The number of aromatic nitrogens is 2. The molecule has 3 N–H and O–H groups in total. The Morgan fingerprint density at radius 2 is 1.74 bits per heavy atom. The molecule has 4 aromatic rings. The van der Waals surface area contributed by atoms with E-state index in [0.29, 0.717) is 22.3 Å². The van der Waals surface area contributed by atoms with Crippen LogP contribution in [0.1, 0.15) is 23.1 Å². The quantitative estimate of drug-likeness (QED) is 0.301. The van der Waals surface area contributed by atoms with Gasteiger partial charge in [0, 0.05) is 48.7 Å². The molecule has 0 atom stereocenters. The Labute approximate surface area is 197 Å². The van der Waals surface area contributed by atoms with Crippen LogP contribution in [0.25, 0.3) is 10.9 Å². The van der Waals surface area contributed by atoms with Crippen molar-refractivity contribution in [3.8, 4) is 11.8 Å². The molecule has 172 valence electrons. The van der Waals surface area contributed by atoms with E-state index in [1.807, 2.05) is 31.1 Å². The molecule has 0 bridgehead atoms. The van der Waals surface area contributed by atoms with Gasteiger partial charge in [-0.1, -0.05) is 36.1 Å². The Bertz CT molecular complexity index is 1510. The van der Waals surface area contributed by atoms with Gasteiger partial charge in [-0.05, 0) is 36.4 Å². The summed E-state index contributed by atoms with van der Waals surface area (Å²) in [6.45, 7) is 0. The third kappa shape index (κ3) is 4.84. The van der Waals surface area contributed by atoms with Gasteiger partial charge in [-0.25, -0.2) is 8.42 Å². The second kappa shape index (κ2) is 9.49. The fraction of sp³-hybridized carbons (Fsp3) is 0.120. The summed E-state index contributed by atoms with van der Waals surface area (Å²) < 4.78 is 29.3. The van der Waals surface area contributed by atoms with Crippen LogP contribution in [0.4, 0.5) is 11.4 Å². The Morgan fingerprint density at radius 1 is 0.941 bits per heavy atom. The molecule has 0 radical (unpaired) electrons. The Kier molecular flexibility index (Phi) is 6.47. The third-order valence-electron chi connectivity index (χ3n) is 5.05. The second-order valence-electron chi connectivity index (χ2n) is 7.62. The maximum absolute atomic E-state index is 13.4. The summed E-state index contributed by atoms with van der Waals surface area (Å²) >= 11 is 0. The fourth-order valence-corrected chi connectivity index (χ4v) is 4.65. The van der Waals surface area contributed by atoms with Gasteiger partial charge in [0.15, 0.2) is 6.29 Å². The number of nitrogens with zero attached hydrogens (tertiary/aromatic N) is 3. The molecule has 4 rings (SSSR count). The van der Waals surface area contributed by atoms with E-state index in [4.69, 9.17) is 10.2 Å². The molecule has 2 heterocycles. The van der Waals surface area contributed by atoms with E-state index in [1.165, 1.54) is 18.3 Å². The van der Waals surface area contributed by atoms with Gasteiger partial charge >= 0.3 is 0 Å². The van der Waals surface area contributed by atoms with Crippen LogP contribution in [0, 0.1) is 11.8 Å². The minimum Gasteiger partial charge on any atom is -0.377 e. The Hall–Kier alpha value is -3.97. The molecule has 0 fully saturated rings. The molecule has 9 heteroatoms. The van der Waals surface area contributed by atoms with E-state index in [1.54, 1.807) is 42.6 Å². The van der Waals surface area contributed by atoms with Gasteiger partial charge in [0.2, 0.25) is 0 Å². The number of anilines is 2. The number of rotatable bonds is 5. The molecule has 0 aliphatic carbocycles. The van der Waals surface area contributed by atoms with Crippen LogP contribution in [0.15, 0.2) is 78.0 Å². The van der Waals surface area contributed by atoms with Gasteiger partial charge in [-0.3, -0.25) is 14.7 Å². The summed E-state index contributed by atoms with van der Waals surface area (Å²) in [5.74, 6) is 5.86. The molecule has 2 aromatic carbocycles. The van der Waals surface area contributed by atoms with Crippen LogP contribution in [-0.2, 0) is 10.0 Å². The summed E-state index contributed by atoms with van der Waals surface area (Å²) in [6.07, 6.45) is 1.35. The molecule has 0 saturated heterocycles. The standard InChI is InChI=1S/C25H22N4O4S/c1-29(2)22-14-15-26-24-19(22)7-5-9-23(24)34(32,33)28-20-8-4-3-6-18(20)12-10-17-11-13-21(25(30)31)27-16-17/h3-9,11,13-16,25,28,30-31H,1-2H3. The van der Waals surface area contributed by atoms with Gasteiger partial charge < -0.3 is 15.1 Å². The molecule has 0 aliphatic heterocycles. The number of hydrogen-bond donors (Lipinski definition) is 3. The fourth-order valence-electron chi connectivity index (χ4n) is 3.39. The summed E-state index contributed by atoms with van der Waals surface area (Å²) in [5, 5.41) is 19.0. The van der Waals surface area contributed by atoms with E-state index >= 15 is 0 Å². The maximum Gasteiger partial charge on any atom is 0.264 e. The SMILES string of the molecule is CN(C)c1ccnc2c(S(=O)(=O)Nc3ccccc3C#Cc3ccc(C(O)O)nc3)cccc12. The lowest BCUT2D eigenvalue weighted by Gasteiger charge is -2.16. The zero-order valence-electron chi connectivity index (χ0n) is 18.5. The zero-order chi connectivity index (χ0) is 24.3. The van der Waals surface area contributed by atoms with Gasteiger partial charge in [0.05, 0.1) is 16.9 Å². The number of sulfonamides is 1. The number of pyridine rings is 2. The average Bonchev–Trinajstić information content (AvgIpc) is 2.82. The first-order valence-electron chi connectivity index (χ1n) is 10.3. The average molecular weight is 475 g/mol. The van der Waals surface area contributed by atoms with Crippen LogP contribution < -0.4 is 9.62 Å². The van der Waals surface area contributed by atoms with Crippen LogP contribution in [0.3, 0.4) is 0 Å². The molecule has 0 saturated carbocycles. The van der Waals surface area contributed by atoms with Crippen molar-refractivity contribution < 1.29 is 18.6 Å². The summed E-state index contributed by atoms with van der Waals surface area (Å²) in [7, 11) is -0.196. The highest BCUT2D eigenvalue weighted by molar-refractivity contribution is 7.93. The number of aliphatic hydroxyl groups is 2. The van der Waals surface area contributed by atoms with E-state index in [0.717, 1.165) is 11.1 Å². The van der Waals surface area contributed by atoms with Gasteiger partial charge in [-0.15, -0.1) is 0 Å². The van der Waals surface area contributed by atoms with Gasteiger partial charge in [0.25, 0.3) is 10.0 Å². The monoisotopic (exact) mass is 474 g/mol. The zero-order valence-corrected chi connectivity index (χ0v) is 19.3. The lowest BCUT2D eigenvalue weighted by molar-refractivity contribution is -0.0458. The number of aliphatic hydroxyl groups excluding tert-OH is 1. The van der Waals surface area contributed by atoms with E-state index in [9.17, 15) is 8.42 Å². The number of nitrogens with one attached hydrogen (secondary N) is 1. The smallest absolute Gasteiger partial charge is 0.264 e. The van der Waals surface area contributed by atoms with Crippen molar-refractivity contribution >= 4 is 32.3 Å². The van der Waals surface area contributed by atoms with Gasteiger partial charge in [-0.2, -0.15) is 0 Å². The van der Waals surface area contributed by atoms with Crippen molar-refractivity contribution in [2.24, 2.45) is 0 Å². The lowest BCUT2D eigenvalue weighted by atomic mass is 10.1. The number of benzene rings is 2. The molecule has 8 nitrogen and oxygen atoms in total. The molecule has 2 aromatic heterocycles. The van der Waals surface area contributed by atoms with E-state index in [2.05, 4.69) is 26.5 Å². The van der Waals surface area contributed by atoms with Crippen molar-refractivity contribution in [3.05, 3.63) is 89.9 Å². The highest BCUT2D eigenvalue weighted by Crippen LogP contribution is 2.29. The first-order chi connectivity index (χ1) is 16.3. The molecular formula is C25H22N4O4S. The van der Waals surface area contributed by atoms with Crippen molar-refractivity contribution in [2.45, 2.75) is 11.2 Å². The minimum atomic E-state index is -3.97. The second-order valence-corrected chi connectivity index (χ2v) is 9.27. The topological polar surface area (TPSA) is 116 Å². The van der Waals surface area contributed by atoms with E-state index in [-0.39, 0.29) is 10.6 Å². The van der Waals surface area contributed by atoms with E-state index < -0.39 is 16.3 Å². The number of hydrogen-bond acceptors (Lipinski definition) is 7. The van der Waals surface area contributed by atoms with Crippen molar-refractivity contribution in [2.75, 3.05) is 23.7 Å². The van der Waals surface area contributed by atoms with Crippen molar-refractivity contribution in [1.82, 2.24) is 9.97 Å². The Balaban J connectivity index is 1.69. The highest BCUT2D eigenvalue weighted by Gasteiger charge is 2.20. The minimum absolute atomic E-state index is 0.0683. The van der Waals surface area contributed by atoms with Crippen molar-refractivity contribution in [3.63, 3.8) is 0 Å². The largest absolute Gasteiger partial charge is 0.377 e. The van der Waals surface area contributed by atoms with Crippen LogP contribution in [0.2, 0.25) is 0 Å². The van der Waals surface area contributed by atoms with Crippen molar-refractivity contribution in [1.29, 1.82) is 0 Å². The number of para-hydroxylation sites is 2. The highest BCUT2D eigenvalue weighted by atomic mass is 32.2. The first kappa shape index (κ1) is 23.2. The molecule has 0 aliphatic rings. The number of fused-ring (bicyclic) bond motifs is 1.